The van der Waals surface area contributed by atoms with Crippen LogP contribution in [0.4, 0.5) is 17.1 Å². The van der Waals surface area contributed by atoms with Crippen molar-refractivity contribution in [2.75, 3.05) is 4.90 Å². The van der Waals surface area contributed by atoms with E-state index in [9.17, 15) is 8.22 Å². The first-order valence-electron chi connectivity index (χ1n) is 25.3. The van der Waals surface area contributed by atoms with Gasteiger partial charge >= 0.3 is 0 Å². The van der Waals surface area contributed by atoms with Crippen LogP contribution in [-0.2, 0) is 0 Å². The summed E-state index contributed by atoms with van der Waals surface area (Å²) in [7, 11) is 0. The van der Waals surface area contributed by atoms with Gasteiger partial charge in [0.2, 0.25) is 0 Å². The lowest BCUT2D eigenvalue weighted by Crippen LogP contribution is -2.09. The number of anilines is 3. The van der Waals surface area contributed by atoms with Crippen molar-refractivity contribution >= 4 is 27.8 Å². The van der Waals surface area contributed by atoms with Gasteiger partial charge in [-0.05, 0) is 115 Å². The molecule has 0 saturated heterocycles. The number of benzene rings is 9. The number of hydrogen-bond acceptors (Lipinski definition) is 1. The Labute approximate surface area is 335 Å². The highest BCUT2D eigenvalue weighted by molar-refractivity contribution is 5.88. The van der Waals surface area contributed by atoms with Crippen LogP contribution in [0, 0.1) is 0 Å². The predicted molar refractivity (Wildman–Crippen MR) is 226 cm³/mol. The molecule has 9 rings (SSSR count). The lowest BCUT2D eigenvalue weighted by Gasteiger charge is -2.26. The van der Waals surface area contributed by atoms with E-state index < -0.39 is 136 Å². The first-order valence-corrected chi connectivity index (χ1v) is 16.8. The van der Waals surface area contributed by atoms with Crippen LogP contribution < -0.4 is 4.90 Å². The summed E-state index contributed by atoms with van der Waals surface area (Å²) in [5, 5.41) is 2.18. The summed E-state index contributed by atoms with van der Waals surface area (Å²) in [5.74, 6) is 0. The van der Waals surface area contributed by atoms with Crippen LogP contribution in [0.25, 0.3) is 66.4 Å². The lowest BCUT2D eigenvalue weighted by molar-refractivity contribution is 1.28. The summed E-state index contributed by atoms with van der Waals surface area (Å²) in [6.07, 6.45) is 0. The van der Waals surface area contributed by atoms with Crippen LogP contribution in [0.15, 0.2) is 224 Å². The molecule has 0 atom stereocenters. The monoisotopic (exact) mass is 692 g/mol. The topological polar surface area (TPSA) is 3.24 Å². The predicted octanol–water partition coefficient (Wildman–Crippen LogP) is 14.6. The van der Waals surface area contributed by atoms with Crippen LogP contribution in [0.1, 0.15) is 23.3 Å². The van der Waals surface area contributed by atoms with Crippen molar-refractivity contribution in [1.29, 1.82) is 0 Å². The Morgan fingerprint density at radius 2 is 0.698 bits per heavy atom. The van der Waals surface area contributed by atoms with Gasteiger partial charge in [0.25, 0.3) is 0 Å². The Morgan fingerprint density at radius 1 is 0.264 bits per heavy atom. The highest BCUT2D eigenvalue weighted by Crippen LogP contribution is 2.38. The molecular formula is C52H37N. The van der Waals surface area contributed by atoms with Gasteiger partial charge < -0.3 is 4.90 Å². The molecule has 0 aliphatic rings. The minimum absolute atomic E-state index is 0.00810. The summed E-state index contributed by atoms with van der Waals surface area (Å²) in [4.78, 5) is 1.12. The second-order valence-corrected chi connectivity index (χ2v) is 12.1. The van der Waals surface area contributed by atoms with E-state index in [0.717, 1.165) is 37.9 Å². The molecule has 0 N–H and O–H groups in total. The van der Waals surface area contributed by atoms with Gasteiger partial charge in [0.1, 0.15) is 0 Å². The molecule has 1 heteroatoms. The van der Waals surface area contributed by atoms with Crippen molar-refractivity contribution in [3.63, 3.8) is 0 Å². The molecule has 53 heavy (non-hydrogen) atoms. The second-order valence-electron chi connectivity index (χ2n) is 12.1. The van der Waals surface area contributed by atoms with Crippen molar-refractivity contribution in [3.05, 3.63) is 224 Å². The maximum Gasteiger partial charge on any atom is 0.0645 e. The van der Waals surface area contributed by atoms with Gasteiger partial charge in [-0.2, -0.15) is 0 Å². The minimum Gasteiger partial charge on any atom is -0.311 e. The zero-order chi connectivity index (χ0) is 50.2. The molecule has 0 aliphatic carbocycles. The van der Waals surface area contributed by atoms with Gasteiger partial charge in [0.15, 0.2) is 0 Å². The SMILES string of the molecule is [2H]c1c([2H])c([2H])c(-c2c([2H])c([2H])c(-c3c([2H])c([2H])c(N(c4ccc(-c5cccc(-c6ccc7ccccc7c6)c5)cc4)c4c([2H])c([2H])c(-c5ccccc5)c([2H])c4[2H])c([2H])c3[2H])c([2H])c2[2H])c([2H])c1[2H]. The highest BCUT2D eigenvalue weighted by atomic mass is 15.1. The van der Waals surface area contributed by atoms with Gasteiger partial charge in [0.05, 0.1) is 23.3 Å². The van der Waals surface area contributed by atoms with Crippen LogP contribution in [0.5, 0.6) is 0 Å². The number of fused-ring (bicyclic) bond motifs is 1. The van der Waals surface area contributed by atoms with Crippen molar-refractivity contribution < 1.29 is 23.3 Å². The second kappa shape index (κ2) is 14.3. The van der Waals surface area contributed by atoms with Crippen molar-refractivity contribution in [3.8, 4) is 55.6 Å². The molecule has 0 fully saturated rings. The van der Waals surface area contributed by atoms with Gasteiger partial charge in [-0.3, -0.25) is 0 Å². The number of nitrogens with zero attached hydrogens (tertiary/aromatic N) is 1. The quantitative estimate of drug-likeness (QED) is 0.153. The Kier molecular flexibility index (Phi) is 5.01. The first kappa shape index (κ1) is 18.5. The average Bonchev–Trinajstić information content (AvgIpc) is 3.37. The first-order chi connectivity index (χ1) is 33.3. The van der Waals surface area contributed by atoms with Crippen LogP contribution in [0.2, 0.25) is 0 Å². The molecule has 9 aromatic carbocycles. The van der Waals surface area contributed by atoms with E-state index in [4.69, 9.17) is 15.1 Å². The molecule has 9 aromatic rings. The third-order valence-electron chi connectivity index (χ3n) is 8.76. The Morgan fingerprint density at radius 3 is 1.32 bits per heavy atom. The Hall–Kier alpha value is -6.96. The maximum atomic E-state index is 9.48. The molecular weight excluding hydrogens is 639 g/mol. The third-order valence-corrected chi connectivity index (χ3v) is 8.76. The largest absolute Gasteiger partial charge is 0.311 e. The van der Waals surface area contributed by atoms with Gasteiger partial charge in [-0.15, -0.1) is 0 Å². The molecule has 0 saturated carbocycles. The maximum absolute atomic E-state index is 9.48. The Balaban J connectivity index is 1.24. The van der Waals surface area contributed by atoms with E-state index in [1.165, 1.54) is 0 Å². The molecule has 0 radical (unpaired) electrons. The van der Waals surface area contributed by atoms with Crippen molar-refractivity contribution in [2.24, 2.45) is 0 Å². The average molecular weight is 693 g/mol. The molecule has 250 valence electrons. The fourth-order valence-corrected chi connectivity index (χ4v) is 6.07. The van der Waals surface area contributed by atoms with Gasteiger partial charge in [0, 0.05) is 17.1 Å². The summed E-state index contributed by atoms with van der Waals surface area (Å²) in [5.41, 5.74) is 0.584. The third kappa shape index (κ3) is 6.77. The highest BCUT2D eigenvalue weighted by Gasteiger charge is 2.14. The van der Waals surface area contributed by atoms with Crippen LogP contribution in [-0.4, -0.2) is 0 Å². The van der Waals surface area contributed by atoms with Gasteiger partial charge in [-0.25, -0.2) is 0 Å². The van der Waals surface area contributed by atoms with E-state index in [2.05, 4.69) is 12.1 Å². The number of hydrogen-bond donors (Lipinski definition) is 0. The molecule has 0 aliphatic heterocycles. The van der Waals surface area contributed by atoms with Crippen LogP contribution in [0.3, 0.4) is 0 Å². The minimum atomic E-state index is -0.871. The zero-order valence-corrected chi connectivity index (χ0v) is 28.0. The molecule has 0 aromatic heterocycles. The molecule has 0 unspecified atom stereocenters. The summed E-state index contributed by atoms with van der Waals surface area (Å²) < 4.78 is 152. The molecule has 0 bridgehead atoms. The normalized spacial score (nSPS) is 15.5. The molecule has 1 nitrogen and oxygen atoms in total. The van der Waals surface area contributed by atoms with Crippen molar-refractivity contribution in [1.82, 2.24) is 0 Å². The van der Waals surface area contributed by atoms with Gasteiger partial charge in [-0.1, -0.05) is 176 Å². The zero-order valence-electron chi connectivity index (χ0n) is 45.0. The summed E-state index contributed by atoms with van der Waals surface area (Å²) >= 11 is 0. The Bertz CT molecular complexity index is 3520. The van der Waals surface area contributed by atoms with Crippen LogP contribution >= 0.6 is 0 Å². The molecule has 0 amide bonds. The standard InChI is InChI=1S/C52H37N/c1-3-10-38(11-4-1)41-18-20-42(21-19-41)44-26-32-51(33-27-44)53(50-30-24-43(25-31-50)39-12-5-2-6-13-39)52-34-28-45(29-35-52)47-16-9-17-48(36-47)49-23-22-40-14-7-8-15-46(40)37-49/h1-37H/i1D,3D,4D,10D,11D,18D,19D,20D,21D,24D,25D,26D,27D,30D,31D,32D,33D. The molecule has 0 heterocycles. The fraction of sp³-hybridized carbons (Fsp3) is 0. The summed E-state index contributed by atoms with van der Waals surface area (Å²) in [6.45, 7) is 0. The lowest BCUT2D eigenvalue weighted by atomic mass is 9.97. The summed E-state index contributed by atoms with van der Waals surface area (Å²) in [6, 6.07) is 24.6. The van der Waals surface area contributed by atoms with E-state index >= 15 is 0 Å². The fourth-order valence-electron chi connectivity index (χ4n) is 6.07. The van der Waals surface area contributed by atoms with E-state index in [0.29, 0.717) is 5.56 Å². The number of rotatable bonds is 8. The molecule has 0 spiro atoms. The van der Waals surface area contributed by atoms with E-state index in [-0.39, 0.29) is 11.3 Å². The van der Waals surface area contributed by atoms with E-state index in [1.807, 2.05) is 54.6 Å². The van der Waals surface area contributed by atoms with Crippen molar-refractivity contribution in [2.45, 2.75) is 0 Å². The van der Waals surface area contributed by atoms with E-state index in [1.54, 1.807) is 54.6 Å². The smallest absolute Gasteiger partial charge is 0.0645 e.